The molecule has 2 aromatic carbocycles. The fraction of sp³-hybridized carbons (Fsp3) is 0.400. The van der Waals surface area contributed by atoms with Crippen LogP contribution in [0.1, 0.15) is 30.4 Å². The van der Waals surface area contributed by atoms with Crippen molar-refractivity contribution in [1.29, 1.82) is 0 Å². The number of nitrogens with zero attached hydrogens (tertiary/aromatic N) is 2. The van der Waals surface area contributed by atoms with Gasteiger partial charge in [-0.2, -0.15) is 0 Å². The molecule has 3 aromatic rings. The number of hydrogen-bond acceptors (Lipinski definition) is 2. The Hall–Kier alpha value is -2.30. The average Bonchev–Trinajstić information content (AvgIpc) is 3.41. The zero-order chi connectivity index (χ0) is 20.5. The van der Waals surface area contributed by atoms with E-state index < -0.39 is 0 Å². The molecule has 5 heteroatoms. The lowest BCUT2D eigenvalue weighted by Gasteiger charge is -2.36. The standard InChI is InChI=1S/C25H28ClN3O/c26-21-8-9-24-20(14-21)13-18(16-28-11-3-4-12-28)17-29(24)25(30)10-7-19-15-27-23-6-2-1-5-22(19)23/h1-2,5-6,8-9,14-15,18,27H,3-4,7,10-13,16-17H2. The summed E-state index contributed by atoms with van der Waals surface area (Å²) in [6, 6.07) is 14.3. The van der Waals surface area contributed by atoms with Crippen molar-refractivity contribution in [2.75, 3.05) is 31.1 Å². The molecule has 3 heterocycles. The summed E-state index contributed by atoms with van der Waals surface area (Å²) in [5.41, 5.74) is 4.59. The van der Waals surface area contributed by atoms with Gasteiger partial charge in [0.05, 0.1) is 0 Å². The van der Waals surface area contributed by atoms with E-state index in [1.54, 1.807) is 0 Å². The molecule has 0 saturated carbocycles. The predicted molar refractivity (Wildman–Crippen MR) is 123 cm³/mol. The lowest BCUT2D eigenvalue weighted by atomic mass is 9.91. The lowest BCUT2D eigenvalue weighted by Crippen LogP contribution is -2.43. The minimum Gasteiger partial charge on any atom is -0.361 e. The van der Waals surface area contributed by atoms with E-state index in [1.807, 2.05) is 35.4 Å². The lowest BCUT2D eigenvalue weighted by molar-refractivity contribution is -0.118. The summed E-state index contributed by atoms with van der Waals surface area (Å²) in [7, 11) is 0. The van der Waals surface area contributed by atoms with Gasteiger partial charge in [0.25, 0.3) is 0 Å². The van der Waals surface area contributed by atoms with Gasteiger partial charge in [-0.25, -0.2) is 0 Å². The van der Waals surface area contributed by atoms with E-state index in [4.69, 9.17) is 11.6 Å². The Bertz CT molecular complexity index is 1050. The maximum absolute atomic E-state index is 13.3. The summed E-state index contributed by atoms with van der Waals surface area (Å²) in [6.07, 6.45) is 6.89. The molecule has 1 atom stereocenters. The number of aryl methyl sites for hydroxylation is 1. The molecule has 1 unspecified atom stereocenters. The number of hydrogen-bond donors (Lipinski definition) is 1. The van der Waals surface area contributed by atoms with Crippen LogP contribution in [0.2, 0.25) is 5.02 Å². The van der Waals surface area contributed by atoms with E-state index in [0.717, 1.165) is 42.2 Å². The highest BCUT2D eigenvalue weighted by atomic mass is 35.5. The number of H-pyrrole nitrogens is 1. The molecular formula is C25H28ClN3O. The van der Waals surface area contributed by atoms with Crippen molar-refractivity contribution in [3.05, 3.63) is 64.8 Å². The smallest absolute Gasteiger partial charge is 0.227 e. The first-order valence-corrected chi connectivity index (χ1v) is 11.4. The molecule has 2 aliphatic rings. The number of benzene rings is 2. The number of aromatic amines is 1. The fourth-order valence-electron chi connectivity index (χ4n) is 5.12. The van der Waals surface area contributed by atoms with Gasteiger partial charge in [-0.1, -0.05) is 29.8 Å². The Morgan fingerprint density at radius 2 is 1.97 bits per heavy atom. The molecule has 30 heavy (non-hydrogen) atoms. The highest BCUT2D eigenvalue weighted by molar-refractivity contribution is 6.30. The van der Waals surface area contributed by atoms with Gasteiger partial charge in [0, 0.05) is 47.3 Å². The molecule has 1 fully saturated rings. The van der Waals surface area contributed by atoms with Crippen LogP contribution in [0, 0.1) is 5.92 Å². The van der Waals surface area contributed by atoms with Crippen LogP contribution in [-0.4, -0.2) is 42.0 Å². The summed E-state index contributed by atoms with van der Waals surface area (Å²) < 4.78 is 0. The minimum absolute atomic E-state index is 0.204. The quantitative estimate of drug-likeness (QED) is 0.625. The highest BCUT2D eigenvalue weighted by Crippen LogP contribution is 2.33. The largest absolute Gasteiger partial charge is 0.361 e. The average molecular weight is 422 g/mol. The van der Waals surface area contributed by atoms with Gasteiger partial charge in [0.2, 0.25) is 5.91 Å². The summed E-state index contributed by atoms with van der Waals surface area (Å²) in [5.74, 6) is 0.668. The normalized spacial score (nSPS) is 19.4. The molecule has 4 nitrogen and oxygen atoms in total. The van der Waals surface area contributed by atoms with Crippen LogP contribution in [-0.2, 0) is 17.6 Å². The number of nitrogens with one attached hydrogen (secondary N) is 1. The summed E-state index contributed by atoms with van der Waals surface area (Å²) in [5, 5.41) is 1.96. The first kappa shape index (κ1) is 19.7. The number of carbonyl (C=O) groups is 1. The number of likely N-dealkylation sites (tertiary alicyclic amines) is 1. The number of anilines is 1. The number of para-hydroxylation sites is 1. The Balaban J connectivity index is 1.33. The minimum atomic E-state index is 0.204. The maximum Gasteiger partial charge on any atom is 0.227 e. The highest BCUT2D eigenvalue weighted by Gasteiger charge is 2.30. The molecule has 0 spiro atoms. The van der Waals surface area contributed by atoms with Gasteiger partial charge in [-0.3, -0.25) is 4.79 Å². The van der Waals surface area contributed by atoms with Crippen LogP contribution in [0.3, 0.4) is 0 Å². The molecule has 0 aliphatic carbocycles. The number of amides is 1. The van der Waals surface area contributed by atoms with E-state index in [0.29, 0.717) is 12.3 Å². The summed E-state index contributed by atoms with van der Waals surface area (Å²) >= 11 is 6.29. The Labute approximate surface area is 182 Å². The molecule has 1 aromatic heterocycles. The second kappa shape index (κ2) is 8.44. The van der Waals surface area contributed by atoms with E-state index >= 15 is 0 Å². The van der Waals surface area contributed by atoms with Crippen LogP contribution in [0.4, 0.5) is 5.69 Å². The zero-order valence-corrected chi connectivity index (χ0v) is 18.0. The number of rotatable bonds is 5. The number of fused-ring (bicyclic) bond motifs is 2. The maximum atomic E-state index is 13.3. The van der Waals surface area contributed by atoms with Crippen LogP contribution in [0.25, 0.3) is 10.9 Å². The third-order valence-electron chi connectivity index (χ3n) is 6.58. The monoisotopic (exact) mass is 421 g/mol. The van der Waals surface area contributed by atoms with Crippen molar-refractivity contribution in [2.45, 2.75) is 32.1 Å². The number of carbonyl (C=O) groups excluding carboxylic acids is 1. The van der Waals surface area contributed by atoms with Crippen LogP contribution < -0.4 is 4.90 Å². The Morgan fingerprint density at radius 1 is 1.13 bits per heavy atom. The molecule has 2 aliphatic heterocycles. The van der Waals surface area contributed by atoms with Crippen molar-refractivity contribution in [2.24, 2.45) is 5.92 Å². The Kier molecular flexibility index (Phi) is 5.53. The fourth-order valence-corrected chi connectivity index (χ4v) is 5.31. The molecule has 156 valence electrons. The first-order chi connectivity index (χ1) is 14.7. The van der Waals surface area contributed by atoms with E-state index in [-0.39, 0.29) is 5.91 Å². The third-order valence-corrected chi connectivity index (χ3v) is 6.82. The van der Waals surface area contributed by atoms with Crippen molar-refractivity contribution in [3.8, 4) is 0 Å². The van der Waals surface area contributed by atoms with Crippen LogP contribution >= 0.6 is 11.6 Å². The van der Waals surface area contributed by atoms with Crippen LogP contribution in [0.15, 0.2) is 48.7 Å². The second-order valence-electron chi connectivity index (χ2n) is 8.71. The molecule has 0 bridgehead atoms. The summed E-state index contributed by atoms with van der Waals surface area (Å²) in [4.78, 5) is 21.2. The van der Waals surface area contributed by atoms with Crippen molar-refractivity contribution in [1.82, 2.24) is 9.88 Å². The third kappa shape index (κ3) is 3.99. The number of aromatic nitrogens is 1. The predicted octanol–water partition coefficient (Wildman–Crippen LogP) is 5.06. The molecule has 1 N–H and O–H groups in total. The van der Waals surface area contributed by atoms with Crippen molar-refractivity contribution >= 4 is 34.1 Å². The van der Waals surface area contributed by atoms with Gasteiger partial charge in [-0.15, -0.1) is 0 Å². The molecule has 1 saturated heterocycles. The van der Waals surface area contributed by atoms with Gasteiger partial charge < -0.3 is 14.8 Å². The Morgan fingerprint density at radius 3 is 2.83 bits per heavy atom. The van der Waals surface area contributed by atoms with Crippen LogP contribution in [0.5, 0.6) is 0 Å². The topological polar surface area (TPSA) is 39.3 Å². The summed E-state index contributed by atoms with van der Waals surface area (Å²) in [6.45, 7) is 4.25. The van der Waals surface area contributed by atoms with E-state index in [1.165, 1.54) is 42.4 Å². The van der Waals surface area contributed by atoms with Gasteiger partial charge in [0.15, 0.2) is 0 Å². The number of halogens is 1. The van der Waals surface area contributed by atoms with Crippen molar-refractivity contribution < 1.29 is 4.79 Å². The molecular weight excluding hydrogens is 394 g/mol. The first-order valence-electron chi connectivity index (χ1n) is 11.0. The molecule has 0 radical (unpaired) electrons. The van der Waals surface area contributed by atoms with Gasteiger partial charge >= 0.3 is 0 Å². The van der Waals surface area contributed by atoms with E-state index in [9.17, 15) is 4.79 Å². The van der Waals surface area contributed by atoms with Gasteiger partial charge in [-0.05, 0) is 80.1 Å². The van der Waals surface area contributed by atoms with Crippen molar-refractivity contribution in [3.63, 3.8) is 0 Å². The molecule has 5 rings (SSSR count). The van der Waals surface area contributed by atoms with E-state index in [2.05, 4.69) is 28.1 Å². The van der Waals surface area contributed by atoms with Gasteiger partial charge in [0.1, 0.15) is 0 Å². The molecule has 1 amide bonds. The second-order valence-corrected chi connectivity index (χ2v) is 9.15. The SMILES string of the molecule is O=C(CCc1c[nH]c2ccccc12)N1CC(CN2CCCC2)Cc2cc(Cl)ccc21. The zero-order valence-electron chi connectivity index (χ0n) is 17.2.